The highest BCUT2D eigenvalue weighted by atomic mass is 19.4. The molecule has 1 aliphatic rings. The van der Waals surface area contributed by atoms with Gasteiger partial charge in [-0.25, -0.2) is 0 Å². The monoisotopic (exact) mass is 316 g/mol. The Balaban J connectivity index is 1.79. The molecule has 1 aliphatic heterocycles. The summed E-state index contributed by atoms with van der Waals surface area (Å²) in [5.41, 5.74) is 0. The standard InChI is InChI=1S/C16H23F3N2O/c1-2-3-5-14(15-6-4-9-22-15)20-10-13-7-8-21(11-13)12-16(17,18)19/h2,4,6,9,13-14,20H,1,3,5,7-8,10-12H2/t13-,14+/m0/s1. The van der Waals surface area contributed by atoms with Gasteiger partial charge in [-0.3, -0.25) is 4.90 Å². The third kappa shape index (κ3) is 5.50. The highest BCUT2D eigenvalue weighted by Gasteiger charge is 2.34. The van der Waals surface area contributed by atoms with Crippen molar-refractivity contribution >= 4 is 0 Å². The molecule has 2 atom stereocenters. The van der Waals surface area contributed by atoms with Crippen molar-refractivity contribution in [1.82, 2.24) is 10.2 Å². The Labute approximate surface area is 129 Å². The van der Waals surface area contributed by atoms with Gasteiger partial charge in [0.1, 0.15) is 5.76 Å². The Morgan fingerprint density at radius 1 is 1.50 bits per heavy atom. The number of nitrogens with one attached hydrogen (secondary N) is 1. The first kappa shape index (κ1) is 17.1. The van der Waals surface area contributed by atoms with E-state index in [9.17, 15) is 13.2 Å². The first-order valence-electron chi connectivity index (χ1n) is 7.64. The molecular weight excluding hydrogens is 293 g/mol. The molecule has 0 aromatic carbocycles. The van der Waals surface area contributed by atoms with Crippen LogP contribution < -0.4 is 5.32 Å². The van der Waals surface area contributed by atoms with Crippen molar-refractivity contribution in [2.45, 2.75) is 31.5 Å². The van der Waals surface area contributed by atoms with Crippen molar-refractivity contribution in [2.75, 3.05) is 26.2 Å². The van der Waals surface area contributed by atoms with Gasteiger partial charge in [0.2, 0.25) is 0 Å². The van der Waals surface area contributed by atoms with Crippen LogP contribution in [0, 0.1) is 5.92 Å². The molecule has 0 spiro atoms. The van der Waals surface area contributed by atoms with Crippen LogP contribution in [-0.4, -0.2) is 37.3 Å². The highest BCUT2D eigenvalue weighted by Crippen LogP contribution is 2.24. The summed E-state index contributed by atoms with van der Waals surface area (Å²) in [6.07, 6.45) is 1.93. The molecule has 22 heavy (non-hydrogen) atoms. The molecule has 0 aliphatic carbocycles. The first-order valence-corrected chi connectivity index (χ1v) is 7.64. The minimum atomic E-state index is -4.11. The van der Waals surface area contributed by atoms with E-state index < -0.39 is 12.7 Å². The van der Waals surface area contributed by atoms with Crippen LogP contribution >= 0.6 is 0 Å². The molecular formula is C16H23F3N2O. The zero-order chi connectivity index (χ0) is 16.0. The number of halogens is 3. The molecule has 2 heterocycles. The van der Waals surface area contributed by atoms with Crippen LogP contribution in [0.1, 0.15) is 31.1 Å². The van der Waals surface area contributed by atoms with Gasteiger partial charge in [0.05, 0.1) is 18.8 Å². The zero-order valence-corrected chi connectivity index (χ0v) is 12.6. The molecule has 6 heteroatoms. The van der Waals surface area contributed by atoms with E-state index in [2.05, 4.69) is 11.9 Å². The molecule has 1 fully saturated rings. The van der Waals surface area contributed by atoms with Crippen LogP contribution in [0.3, 0.4) is 0 Å². The average Bonchev–Trinajstić information content (AvgIpc) is 3.09. The molecule has 0 amide bonds. The number of hydrogen-bond acceptors (Lipinski definition) is 3. The number of rotatable bonds is 8. The highest BCUT2D eigenvalue weighted by molar-refractivity contribution is 5.04. The summed E-state index contributed by atoms with van der Waals surface area (Å²) in [5, 5.41) is 3.43. The molecule has 0 radical (unpaired) electrons. The second kappa shape index (κ2) is 7.83. The minimum Gasteiger partial charge on any atom is -0.468 e. The van der Waals surface area contributed by atoms with Crippen LogP contribution in [0.2, 0.25) is 0 Å². The van der Waals surface area contributed by atoms with Gasteiger partial charge in [-0.2, -0.15) is 13.2 Å². The van der Waals surface area contributed by atoms with Gasteiger partial charge in [-0.15, -0.1) is 6.58 Å². The molecule has 3 nitrogen and oxygen atoms in total. The average molecular weight is 316 g/mol. The molecule has 1 N–H and O–H groups in total. The topological polar surface area (TPSA) is 28.4 Å². The lowest BCUT2D eigenvalue weighted by atomic mass is 10.1. The third-order valence-electron chi connectivity index (χ3n) is 3.97. The van der Waals surface area contributed by atoms with Crippen molar-refractivity contribution in [1.29, 1.82) is 0 Å². The second-order valence-electron chi connectivity index (χ2n) is 5.85. The van der Waals surface area contributed by atoms with Crippen molar-refractivity contribution in [2.24, 2.45) is 5.92 Å². The molecule has 1 aromatic heterocycles. The summed E-state index contributed by atoms with van der Waals surface area (Å²) >= 11 is 0. The lowest BCUT2D eigenvalue weighted by Crippen LogP contribution is -2.34. The van der Waals surface area contributed by atoms with Crippen molar-refractivity contribution in [3.8, 4) is 0 Å². The van der Waals surface area contributed by atoms with E-state index in [4.69, 9.17) is 4.42 Å². The maximum Gasteiger partial charge on any atom is 0.401 e. The number of alkyl halides is 3. The molecule has 0 unspecified atom stereocenters. The fraction of sp³-hybridized carbons (Fsp3) is 0.625. The van der Waals surface area contributed by atoms with Gasteiger partial charge in [0.15, 0.2) is 0 Å². The van der Waals surface area contributed by atoms with Gasteiger partial charge >= 0.3 is 6.18 Å². The van der Waals surface area contributed by atoms with E-state index in [-0.39, 0.29) is 12.0 Å². The van der Waals surface area contributed by atoms with Crippen LogP contribution in [0.4, 0.5) is 13.2 Å². The number of allylic oxidation sites excluding steroid dienone is 1. The fourth-order valence-corrected chi connectivity index (χ4v) is 2.90. The van der Waals surface area contributed by atoms with Crippen LogP contribution in [-0.2, 0) is 0 Å². The maximum absolute atomic E-state index is 12.4. The van der Waals surface area contributed by atoms with Gasteiger partial charge < -0.3 is 9.73 Å². The van der Waals surface area contributed by atoms with E-state index in [1.54, 1.807) is 6.26 Å². The Morgan fingerprint density at radius 2 is 2.32 bits per heavy atom. The van der Waals surface area contributed by atoms with E-state index in [1.165, 1.54) is 4.90 Å². The molecule has 124 valence electrons. The summed E-state index contributed by atoms with van der Waals surface area (Å²) < 4.78 is 42.6. The lowest BCUT2D eigenvalue weighted by Gasteiger charge is -2.20. The molecule has 1 aromatic rings. The Kier molecular flexibility index (Phi) is 6.08. The maximum atomic E-state index is 12.4. The number of nitrogens with zero attached hydrogens (tertiary/aromatic N) is 1. The van der Waals surface area contributed by atoms with Crippen LogP contribution in [0.15, 0.2) is 35.5 Å². The Morgan fingerprint density at radius 3 is 2.95 bits per heavy atom. The normalized spacial score (nSPS) is 21.1. The van der Waals surface area contributed by atoms with Crippen molar-refractivity contribution in [3.63, 3.8) is 0 Å². The summed E-state index contributed by atoms with van der Waals surface area (Å²) in [6.45, 7) is 4.64. The van der Waals surface area contributed by atoms with E-state index in [0.717, 1.165) is 25.0 Å². The summed E-state index contributed by atoms with van der Waals surface area (Å²) in [7, 11) is 0. The van der Waals surface area contributed by atoms with Gasteiger partial charge in [-0.05, 0) is 50.4 Å². The summed E-state index contributed by atoms with van der Waals surface area (Å²) in [6, 6.07) is 3.86. The predicted octanol–water partition coefficient (Wildman–Crippen LogP) is 3.76. The van der Waals surface area contributed by atoms with E-state index in [0.29, 0.717) is 19.6 Å². The Bertz CT molecular complexity index is 445. The quantitative estimate of drug-likeness (QED) is 0.740. The van der Waals surface area contributed by atoms with Crippen LogP contribution in [0.25, 0.3) is 0 Å². The van der Waals surface area contributed by atoms with E-state index >= 15 is 0 Å². The number of hydrogen-bond donors (Lipinski definition) is 1. The fourth-order valence-electron chi connectivity index (χ4n) is 2.90. The molecule has 0 bridgehead atoms. The largest absolute Gasteiger partial charge is 0.468 e. The molecule has 0 saturated carbocycles. The van der Waals surface area contributed by atoms with Crippen LogP contribution in [0.5, 0.6) is 0 Å². The van der Waals surface area contributed by atoms with Gasteiger partial charge in [0.25, 0.3) is 0 Å². The smallest absolute Gasteiger partial charge is 0.401 e. The number of furan rings is 1. The van der Waals surface area contributed by atoms with Crippen molar-refractivity contribution < 1.29 is 17.6 Å². The van der Waals surface area contributed by atoms with Gasteiger partial charge in [-0.1, -0.05) is 6.08 Å². The summed E-state index contributed by atoms with van der Waals surface area (Å²) in [5.74, 6) is 1.12. The zero-order valence-electron chi connectivity index (χ0n) is 12.6. The predicted molar refractivity (Wildman–Crippen MR) is 79.5 cm³/mol. The number of likely N-dealkylation sites (tertiary alicyclic amines) is 1. The van der Waals surface area contributed by atoms with E-state index in [1.807, 2.05) is 18.2 Å². The lowest BCUT2D eigenvalue weighted by molar-refractivity contribution is -0.143. The summed E-state index contributed by atoms with van der Waals surface area (Å²) in [4.78, 5) is 1.48. The molecule has 1 saturated heterocycles. The minimum absolute atomic E-state index is 0.0877. The molecule has 2 rings (SSSR count). The first-order chi connectivity index (χ1) is 10.5. The third-order valence-corrected chi connectivity index (χ3v) is 3.97. The Hall–Kier alpha value is -1.27. The van der Waals surface area contributed by atoms with Crippen molar-refractivity contribution in [3.05, 3.63) is 36.8 Å². The second-order valence-corrected chi connectivity index (χ2v) is 5.85. The SMILES string of the molecule is C=CCC[C@@H](NC[C@@H]1CCN(CC(F)(F)F)C1)c1ccco1. The van der Waals surface area contributed by atoms with Gasteiger partial charge in [0, 0.05) is 6.54 Å².